The monoisotopic (exact) mass is 694 g/mol. The van der Waals surface area contributed by atoms with Crippen molar-refractivity contribution in [2.75, 3.05) is 70.3 Å². The normalized spacial score (nSPS) is 14.6. The van der Waals surface area contributed by atoms with E-state index in [1.807, 2.05) is 43.3 Å². The van der Waals surface area contributed by atoms with Crippen molar-refractivity contribution in [3.63, 3.8) is 0 Å². The van der Waals surface area contributed by atoms with Crippen molar-refractivity contribution in [3.05, 3.63) is 58.8 Å². The highest BCUT2D eigenvalue weighted by Crippen LogP contribution is 2.42. The zero-order chi connectivity index (χ0) is 32.3. The third-order valence-corrected chi connectivity index (χ3v) is 10.1. The molecular weight excluding hydrogens is 655 g/mol. The van der Waals surface area contributed by atoms with Crippen LogP contribution in [0.15, 0.2) is 58.4 Å². The number of hydrogen-bond acceptors (Lipinski definition) is 11. The third-order valence-electron chi connectivity index (χ3n) is 8.00. The first-order valence-corrected chi connectivity index (χ1v) is 18.1. The van der Waals surface area contributed by atoms with E-state index >= 15 is 0 Å². The standard InChI is InChI=1S/C32H40BrN8O3P/c1-20(39-44-5)23-16-26(29(43-4)17-28(23)41-14-12-21(13-15-41)40(2)3)37-32-35-18-24(33)31(38-32)36-27-19-34-25-11-9-8-10-22(25)30(27)45(6,7)42/h8-11,16-19,21H,12-15H2,1-7H3,(H2,35,36,37,38)/b39-20+. The fourth-order valence-corrected chi connectivity index (χ4v) is 7.51. The Kier molecular flexibility index (Phi) is 9.96. The minimum atomic E-state index is -2.70. The maximum absolute atomic E-state index is 13.5. The average molecular weight is 696 g/mol. The van der Waals surface area contributed by atoms with Crippen LogP contribution in [0.25, 0.3) is 10.9 Å². The van der Waals surface area contributed by atoms with Crippen molar-refractivity contribution in [2.24, 2.45) is 5.16 Å². The fourth-order valence-electron chi connectivity index (χ4n) is 5.76. The molecule has 1 aliphatic heterocycles. The molecule has 238 valence electrons. The Labute approximate surface area is 272 Å². The molecule has 0 amide bonds. The van der Waals surface area contributed by atoms with Crippen LogP contribution in [-0.4, -0.2) is 86.3 Å². The molecule has 2 aromatic carbocycles. The van der Waals surface area contributed by atoms with Gasteiger partial charge in [-0.1, -0.05) is 23.4 Å². The summed E-state index contributed by atoms with van der Waals surface area (Å²) in [6, 6.07) is 12.3. The zero-order valence-electron chi connectivity index (χ0n) is 26.8. The highest BCUT2D eigenvalue weighted by atomic mass is 79.9. The number of nitrogens with one attached hydrogen (secondary N) is 2. The van der Waals surface area contributed by atoms with Crippen molar-refractivity contribution in [2.45, 2.75) is 25.8 Å². The van der Waals surface area contributed by atoms with Gasteiger partial charge in [-0.2, -0.15) is 4.98 Å². The number of fused-ring (bicyclic) bond motifs is 1. The molecule has 0 saturated carbocycles. The molecule has 0 atom stereocenters. The summed E-state index contributed by atoms with van der Waals surface area (Å²) in [6.07, 6.45) is 5.50. The number of piperidine rings is 1. The van der Waals surface area contributed by atoms with Gasteiger partial charge in [0.25, 0.3) is 0 Å². The highest BCUT2D eigenvalue weighted by molar-refractivity contribution is 9.10. The predicted octanol–water partition coefficient (Wildman–Crippen LogP) is 6.43. The van der Waals surface area contributed by atoms with Crippen molar-refractivity contribution >= 4 is 73.8 Å². The molecule has 1 saturated heterocycles. The lowest BCUT2D eigenvalue weighted by Gasteiger charge is -2.37. The predicted molar refractivity (Wildman–Crippen MR) is 188 cm³/mol. The van der Waals surface area contributed by atoms with Crippen LogP contribution in [0.3, 0.4) is 0 Å². The number of benzene rings is 2. The molecule has 0 spiro atoms. The summed E-state index contributed by atoms with van der Waals surface area (Å²) in [5, 5.41) is 12.5. The first-order chi connectivity index (χ1) is 21.5. The quantitative estimate of drug-likeness (QED) is 0.109. The maximum Gasteiger partial charge on any atom is 0.229 e. The van der Waals surface area contributed by atoms with Crippen molar-refractivity contribution < 1.29 is 14.1 Å². The minimum absolute atomic E-state index is 0.345. The van der Waals surface area contributed by atoms with Crippen LogP contribution >= 0.6 is 23.1 Å². The van der Waals surface area contributed by atoms with Gasteiger partial charge in [0.05, 0.1) is 40.4 Å². The van der Waals surface area contributed by atoms with E-state index in [0.717, 1.165) is 59.1 Å². The van der Waals surface area contributed by atoms with E-state index < -0.39 is 7.14 Å². The minimum Gasteiger partial charge on any atom is -0.494 e. The van der Waals surface area contributed by atoms with Crippen LogP contribution in [0.4, 0.5) is 28.8 Å². The molecule has 0 aliphatic carbocycles. The van der Waals surface area contributed by atoms with Crippen LogP contribution in [0.1, 0.15) is 25.3 Å². The van der Waals surface area contributed by atoms with Crippen LogP contribution < -0.4 is 25.6 Å². The Balaban J connectivity index is 1.50. The number of halogens is 1. The Bertz CT molecular complexity index is 1770. The molecule has 11 nitrogen and oxygen atoms in total. The van der Waals surface area contributed by atoms with E-state index in [2.05, 4.69) is 65.6 Å². The summed E-state index contributed by atoms with van der Waals surface area (Å²) in [4.78, 5) is 23.7. The average Bonchev–Trinajstić information content (AvgIpc) is 3.01. The molecule has 4 aromatic rings. The number of ether oxygens (including phenoxy) is 1. The van der Waals surface area contributed by atoms with Gasteiger partial charge in [0, 0.05) is 53.3 Å². The highest BCUT2D eigenvalue weighted by Gasteiger charge is 2.25. The van der Waals surface area contributed by atoms with E-state index in [1.54, 1.807) is 39.9 Å². The van der Waals surface area contributed by atoms with Gasteiger partial charge in [-0.25, -0.2) is 4.98 Å². The lowest BCUT2D eigenvalue weighted by atomic mass is 10.00. The lowest BCUT2D eigenvalue weighted by Crippen LogP contribution is -2.42. The first kappa shape index (κ1) is 32.7. The second-order valence-electron chi connectivity index (χ2n) is 11.6. The van der Waals surface area contributed by atoms with E-state index in [1.165, 1.54) is 0 Å². The summed E-state index contributed by atoms with van der Waals surface area (Å²) in [7, 11) is 4.77. The largest absolute Gasteiger partial charge is 0.494 e. The number of hydrogen-bond donors (Lipinski definition) is 2. The fraction of sp³-hybridized carbons (Fsp3) is 0.375. The van der Waals surface area contributed by atoms with Gasteiger partial charge in [0.1, 0.15) is 25.8 Å². The number of oxime groups is 1. The molecule has 0 bridgehead atoms. The van der Waals surface area contributed by atoms with Crippen molar-refractivity contribution in [3.8, 4) is 5.75 Å². The van der Waals surface area contributed by atoms with E-state index in [4.69, 9.17) is 14.6 Å². The van der Waals surface area contributed by atoms with E-state index in [-0.39, 0.29) is 0 Å². The topological polar surface area (TPSA) is 117 Å². The summed E-state index contributed by atoms with van der Waals surface area (Å²) < 4.78 is 20.0. The third kappa shape index (κ3) is 7.24. The maximum atomic E-state index is 13.5. The SMILES string of the molecule is CO/N=C(\C)c1cc(Nc2ncc(Br)c(Nc3cnc4ccccc4c3P(C)(C)=O)n2)c(OC)cc1N1CCC(N(C)C)CC1. The number of nitrogens with zero attached hydrogens (tertiary/aromatic N) is 6. The van der Waals surface area contributed by atoms with Crippen LogP contribution in [-0.2, 0) is 9.40 Å². The molecule has 45 heavy (non-hydrogen) atoms. The molecule has 5 rings (SSSR count). The van der Waals surface area contributed by atoms with Crippen LogP contribution in [0.2, 0.25) is 0 Å². The number of aromatic nitrogens is 3. The number of rotatable bonds is 10. The molecular formula is C32H40BrN8O3P. The van der Waals surface area contributed by atoms with Gasteiger partial charge >= 0.3 is 0 Å². The van der Waals surface area contributed by atoms with Crippen molar-refractivity contribution in [1.29, 1.82) is 0 Å². The second-order valence-corrected chi connectivity index (χ2v) is 15.6. The molecule has 13 heteroatoms. The van der Waals surface area contributed by atoms with Gasteiger partial charge in [-0.15, -0.1) is 0 Å². The molecule has 1 fully saturated rings. The second kappa shape index (κ2) is 13.7. The molecule has 3 heterocycles. The summed E-state index contributed by atoms with van der Waals surface area (Å²) in [5.74, 6) is 1.49. The number of methoxy groups -OCH3 is 1. The molecule has 2 N–H and O–H groups in total. The number of anilines is 5. The van der Waals surface area contributed by atoms with Crippen LogP contribution in [0, 0.1) is 0 Å². The smallest absolute Gasteiger partial charge is 0.229 e. The van der Waals surface area contributed by atoms with Crippen molar-refractivity contribution in [1.82, 2.24) is 19.9 Å². The Hall–Kier alpha value is -3.73. The Morgan fingerprint density at radius 1 is 1.07 bits per heavy atom. The summed E-state index contributed by atoms with van der Waals surface area (Å²) in [6.45, 7) is 7.29. The van der Waals surface area contributed by atoms with Gasteiger partial charge < -0.3 is 34.6 Å². The Morgan fingerprint density at radius 2 is 1.80 bits per heavy atom. The van der Waals surface area contributed by atoms with Gasteiger partial charge in [0.15, 0.2) is 0 Å². The number of para-hydroxylation sites is 1. The van der Waals surface area contributed by atoms with Gasteiger partial charge in [-0.05, 0) is 75.3 Å². The summed E-state index contributed by atoms with van der Waals surface area (Å²) >= 11 is 3.57. The Morgan fingerprint density at radius 3 is 2.47 bits per heavy atom. The molecule has 0 radical (unpaired) electrons. The molecule has 0 unspecified atom stereocenters. The number of pyridine rings is 1. The van der Waals surface area contributed by atoms with Crippen LogP contribution in [0.5, 0.6) is 5.75 Å². The molecule has 1 aliphatic rings. The zero-order valence-corrected chi connectivity index (χ0v) is 29.2. The molecule has 2 aromatic heterocycles. The van der Waals surface area contributed by atoms with E-state index in [0.29, 0.717) is 39.4 Å². The summed E-state index contributed by atoms with van der Waals surface area (Å²) in [5.41, 5.74) is 4.79. The van der Waals surface area contributed by atoms with Gasteiger partial charge in [0.2, 0.25) is 5.95 Å². The first-order valence-electron chi connectivity index (χ1n) is 14.7. The van der Waals surface area contributed by atoms with E-state index in [9.17, 15) is 4.57 Å². The lowest BCUT2D eigenvalue weighted by molar-refractivity contribution is 0.213. The van der Waals surface area contributed by atoms with Gasteiger partial charge in [-0.3, -0.25) is 4.98 Å².